The maximum absolute atomic E-state index is 12.9. The minimum atomic E-state index is -1.01. The summed E-state index contributed by atoms with van der Waals surface area (Å²) in [5, 5.41) is 24.5. The summed E-state index contributed by atoms with van der Waals surface area (Å²) in [6.07, 6.45) is 10.6. The van der Waals surface area contributed by atoms with Crippen LogP contribution in [0.25, 0.3) is 0 Å². The summed E-state index contributed by atoms with van der Waals surface area (Å²) in [4.78, 5) is 24.9. The van der Waals surface area contributed by atoms with Gasteiger partial charge in [-0.1, -0.05) is 65.3 Å². The second kappa shape index (κ2) is 7.54. The van der Waals surface area contributed by atoms with Crippen molar-refractivity contribution in [1.82, 2.24) is 5.16 Å². The van der Waals surface area contributed by atoms with Crippen LogP contribution in [0.1, 0.15) is 122 Å². The first-order valence-electron chi connectivity index (χ1n) is 14.7. The van der Waals surface area contributed by atoms with E-state index >= 15 is 0 Å². The van der Waals surface area contributed by atoms with Crippen molar-refractivity contribution < 1.29 is 24.3 Å². The summed E-state index contributed by atoms with van der Waals surface area (Å²) >= 11 is 0. The summed E-state index contributed by atoms with van der Waals surface area (Å²) in [7, 11) is 0. The highest BCUT2D eigenvalue weighted by atomic mass is 16.5. The van der Waals surface area contributed by atoms with Gasteiger partial charge in [0.15, 0.2) is 5.69 Å². The van der Waals surface area contributed by atoms with E-state index in [1.807, 2.05) is 0 Å². The molecule has 0 aromatic carbocycles. The Morgan fingerprint density at radius 3 is 2.29 bits per heavy atom. The van der Waals surface area contributed by atoms with Crippen molar-refractivity contribution in [3.63, 3.8) is 0 Å². The zero-order valence-electron chi connectivity index (χ0n) is 24.2. The molecule has 0 amide bonds. The standard InChI is InChI=1S/C32H45NO5/c1-27(2)12-14-32(26(36)37)15-13-30(6)19(20(32)17-27)8-9-22-29(5)16-18-23(25(34)35)33-38-24(18)28(3,4)21(29)10-11-31(22,30)7/h8,20-22H,9-17H2,1-7H3,(H,34,35)(H,36,37)/t20-,21-,22+,29-,30+,31+,32-/m0/s1. The Labute approximate surface area is 226 Å². The highest BCUT2D eigenvalue weighted by molar-refractivity contribution is 5.87. The van der Waals surface area contributed by atoms with E-state index in [1.54, 1.807) is 0 Å². The summed E-state index contributed by atoms with van der Waals surface area (Å²) in [5.74, 6) is -0.0190. The number of allylic oxidation sites excluding steroid dienone is 2. The summed E-state index contributed by atoms with van der Waals surface area (Å²) in [6, 6.07) is 0. The molecule has 0 saturated heterocycles. The fraction of sp³-hybridized carbons (Fsp3) is 0.781. The molecule has 208 valence electrons. The number of aromatic nitrogens is 1. The molecule has 0 bridgehead atoms. The molecule has 6 rings (SSSR count). The quantitative estimate of drug-likeness (QED) is 0.395. The summed E-state index contributed by atoms with van der Waals surface area (Å²) in [5.41, 5.74) is 1.36. The van der Waals surface area contributed by atoms with Crippen molar-refractivity contribution in [2.45, 2.75) is 112 Å². The molecular formula is C32H45NO5. The summed E-state index contributed by atoms with van der Waals surface area (Å²) < 4.78 is 5.74. The molecular weight excluding hydrogens is 478 g/mol. The molecule has 6 nitrogen and oxygen atoms in total. The lowest BCUT2D eigenvalue weighted by molar-refractivity contribution is -0.177. The van der Waals surface area contributed by atoms with Crippen molar-refractivity contribution in [3.05, 3.63) is 28.7 Å². The Balaban J connectivity index is 1.48. The zero-order valence-corrected chi connectivity index (χ0v) is 24.2. The second-order valence-corrected chi connectivity index (χ2v) is 15.7. The number of carboxylic acids is 2. The number of hydrogen-bond acceptors (Lipinski definition) is 4. The molecule has 5 aliphatic carbocycles. The highest BCUT2D eigenvalue weighted by Crippen LogP contribution is 2.75. The third-order valence-corrected chi connectivity index (χ3v) is 13.3. The molecule has 1 aromatic heterocycles. The number of carbonyl (C=O) groups is 2. The number of fused-ring (bicyclic) bond motifs is 8. The van der Waals surface area contributed by atoms with E-state index in [0.717, 1.165) is 62.7 Å². The first-order valence-corrected chi connectivity index (χ1v) is 14.7. The number of aromatic carboxylic acids is 1. The Hall–Kier alpha value is -2.11. The van der Waals surface area contributed by atoms with Crippen molar-refractivity contribution >= 4 is 11.9 Å². The molecule has 1 heterocycles. The van der Waals surface area contributed by atoms with Crippen LogP contribution in [0.4, 0.5) is 0 Å². The van der Waals surface area contributed by atoms with E-state index in [0.29, 0.717) is 18.3 Å². The first kappa shape index (κ1) is 26.1. The topological polar surface area (TPSA) is 101 Å². The average molecular weight is 524 g/mol. The molecule has 6 heteroatoms. The number of hydrogen-bond donors (Lipinski definition) is 2. The van der Waals surface area contributed by atoms with E-state index < -0.39 is 17.4 Å². The fourth-order valence-electron chi connectivity index (χ4n) is 11.1. The fourth-order valence-corrected chi connectivity index (χ4v) is 11.1. The molecule has 7 atom stereocenters. The van der Waals surface area contributed by atoms with Crippen LogP contribution in [-0.4, -0.2) is 27.3 Å². The van der Waals surface area contributed by atoms with Gasteiger partial charge in [-0.25, -0.2) is 4.79 Å². The van der Waals surface area contributed by atoms with Gasteiger partial charge in [0, 0.05) is 11.0 Å². The van der Waals surface area contributed by atoms with Crippen LogP contribution in [0.5, 0.6) is 0 Å². The van der Waals surface area contributed by atoms with E-state index in [4.69, 9.17) is 4.52 Å². The van der Waals surface area contributed by atoms with Crippen LogP contribution in [0.2, 0.25) is 0 Å². The molecule has 0 spiro atoms. The Morgan fingerprint density at radius 1 is 0.947 bits per heavy atom. The van der Waals surface area contributed by atoms with Gasteiger partial charge in [-0.3, -0.25) is 4.79 Å². The first-order chi connectivity index (χ1) is 17.5. The molecule has 0 unspecified atom stereocenters. The number of carboxylic acid groups (broad SMARTS) is 2. The smallest absolute Gasteiger partial charge is 0.358 e. The van der Waals surface area contributed by atoms with Gasteiger partial charge in [0.05, 0.1) is 5.41 Å². The van der Waals surface area contributed by atoms with Gasteiger partial charge in [-0.15, -0.1) is 0 Å². The highest BCUT2D eigenvalue weighted by Gasteiger charge is 2.69. The molecule has 0 radical (unpaired) electrons. The van der Waals surface area contributed by atoms with Crippen LogP contribution in [0.3, 0.4) is 0 Å². The van der Waals surface area contributed by atoms with Gasteiger partial charge >= 0.3 is 11.9 Å². The van der Waals surface area contributed by atoms with Crippen LogP contribution < -0.4 is 0 Å². The molecule has 1 aromatic rings. The van der Waals surface area contributed by atoms with E-state index in [1.165, 1.54) is 5.57 Å². The largest absolute Gasteiger partial charge is 0.481 e. The predicted molar refractivity (Wildman–Crippen MR) is 144 cm³/mol. The minimum Gasteiger partial charge on any atom is -0.481 e. The maximum atomic E-state index is 12.9. The van der Waals surface area contributed by atoms with Crippen LogP contribution >= 0.6 is 0 Å². The number of aliphatic carboxylic acids is 1. The van der Waals surface area contributed by atoms with Crippen LogP contribution in [-0.2, 0) is 16.6 Å². The van der Waals surface area contributed by atoms with E-state index in [2.05, 4.69) is 59.7 Å². The van der Waals surface area contributed by atoms with Crippen molar-refractivity contribution in [1.29, 1.82) is 0 Å². The lowest BCUT2D eigenvalue weighted by Crippen LogP contribution is -2.64. The monoisotopic (exact) mass is 523 g/mol. The Morgan fingerprint density at radius 2 is 1.63 bits per heavy atom. The predicted octanol–water partition coefficient (Wildman–Crippen LogP) is 7.27. The van der Waals surface area contributed by atoms with Gasteiger partial charge in [0.1, 0.15) is 5.76 Å². The Kier molecular flexibility index (Phi) is 5.19. The molecule has 3 saturated carbocycles. The van der Waals surface area contributed by atoms with Crippen molar-refractivity contribution in [2.75, 3.05) is 0 Å². The minimum absolute atomic E-state index is 0.0166. The van der Waals surface area contributed by atoms with Gasteiger partial charge < -0.3 is 14.7 Å². The number of rotatable bonds is 2. The normalized spacial score (nSPS) is 44.4. The third kappa shape index (κ3) is 2.98. The molecule has 3 fully saturated rings. The van der Waals surface area contributed by atoms with Crippen molar-refractivity contribution in [3.8, 4) is 0 Å². The SMILES string of the molecule is CC1(C)CC[C@]2(C(=O)O)CC[C@]3(C)C(=CC[C@@H]4[C@@]5(C)Cc6c(C(=O)O)noc6C(C)(C)[C@@H]5CC[C@]43C)[C@@H]2C1. The van der Waals surface area contributed by atoms with Crippen molar-refractivity contribution in [2.24, 2.45) is 44.8 Å². The van der Waals surface area contributed by atoms with Gasteiger partial charge in [0.25, 0.3) is 0 Å². The maximum Gasteiger partial charge on any atom is 0.358 e. The molecule has 0 aliphatic heterocycles. The zero-order chi connectivity index (χ0) is 27.7. The molecule has 38 heavy (non-hydrogen) atoms. The van der Waals surface area contributed by atoms with Gasteiger partial charge in [-0.2, -0.15) is 0 Å². The van der Waals surface area contributed by atoms with E-state index in [9.17, 15) is 19.8 Å². The lowest BCUT2D eigenvalue weighted by atomic mass is 9.33. The van der Waals surface area contributed by atoms with E-state index in [-0.39, 0.29) is 38.7 Å². The van der Waals surface area contributed by atoms with Crippen LogP contribution in [0, 0.1) is 44.8 Å². The number of nitrogens with zero attached hydrogens (tertiary/aromatic N) is 1. The second-order valence-electron chi connectivity index (χ2n) is 15.7. The molecule has 2 N–H and O–H groups in total. The lowest BCUT2D eigenvalue weighted by Gasteiger charge is -2.70. The molecule has 5 aliphatic rings. The van der Waals surface area contributed by atoms with Gasteiger partial charge in [0.2, 0.25) is 0 Å². The Bertz CT molecular complexity index is 1260. The van der Waals surface area contributed by atoms with Crippen LogP contribution in [0.15, 0.2) is 16.2 Å². The average Bonchev–Trinajstić information content (AvgIpc) is 3.23. The summed E-state index contributed by atoms with van der Waals surface area (Å²) in [6.45, 7) is 16.4. The third-order valence-electron chi connectivity index (χ3n) is 13.3. The van der Waals surface area contributed by atoms with Gasteiger partial charge in [-0.05, 0) is 97.2 Å².